The van der Waals surface area contributed by atoms with Gasteiger partial charge in [0.1, 0.15) is 18.8 Å². The van der Waals surface area contributed by atoms with Crippen molar-refractivity contribution in [2.24, 2.45) is 0 Å². The molecule has 0 saturated carbocycles. The number of rotatable bonds is 49. The monoisotopic (exact) mass is 1100 g/mol. The van der Waals surface area contributed by atoms with Crippen LogP contribution in [0.3, 0.4) is 0 Å². The van der Waals surface area contributed by atoms with Crippen LogP contribution < -0.4 is 0 Å². The Kier molecular flexibility index (Phi) is 48.7. The predicted molar refractivity (Wildman–Crippen MR) is 321 cm³/mol. The number of carboxylic acid groups (broad SMARTS) is 1. The average Bonchev–Trinajstić information content (AvgIpc) is 3.46. The van der Waals surface area contributed by atoms with Gasteiger partial charge in [0.15, 0.2) is 24.6 Å². The Morgan fingerprint density at radius 3 is 1.30 bits per heavy atom. The third kappa shape index (κ3) is 43.4. The van der Waals surface area contributed by atoms with Gasteiger partial charge in [-0.05, 0) is 116 Å². The summed E-state index contributed by atoms with van der Waals surface area (Å²) in [6.07, 6.45) is 63.0. The number of hydrogen-bond acceptors (Lipinski definition) is 11. The minimum absolute atomic E-state index is 0.0270. The first-order valence-electron chi connectivity index (χ1n) is 30.2. The molecule has 6 atom stereocenters. The van der Waals surface area contributed by atoms with Crippen molar-refractivity contribution in [3.63, 3.8) is 0 Å². The molecule has 0 aromatic carbocycles. The van der Waals surface area contributed by atoms with Crippen molar-refractivity contribution in [1.29, 1.82) is 0 Å². The fraction of sp³-hybridized carbons (Fsp3) is 0.612. The Morgan fingerprint density at radius 2 is 0.835 bits per heavy atom. The number of aliphatic carboxylic acids is 1. The quantitative estimate of drug-likeness (QED) is 0.0228. The second kappa shape index (κ2) is 53.5. The molecule has 0 radical (unpaired) electrons. The van der Waals surface area contributed by atoms with Crippen LogP contribution in [0, 0.1) is 0 Å². The van der Waals surface area contributed by atoms with Crippen LogP contribution in [0.15, 0.2) is 134 Å². The molecule has 1 heterocycles. The van der Waals surface area contributed by atoms with Crippen LogP contribution in [0.2, 0.25) is 0 Å². The molecular weight excluding hydrogens is 997 g/mol. The van der Waals surface area contributed by atoms with Crippen molar-refractivity contribution in [1.82, 2.24) is 0 Å². The first kappa shape index (κ1) is 71.9. The SMILES string of the molecule is CC/C=C\C/C=C\C/C=C\C/C=C\C/C=C\CCCC(=O)OC1C(OCC(COC(=O)CCCCCCCCCCC/C=C\C/C=C\CCCCC)OC(=O)CC/C=C\C/C=C\C/C=C\C/C=C\CC)OC(C(=O)O)C(O)C1O. The number of aliphatic hydroxyl groups is 2. The second-order valence-corrected chi connectivity index (χ2v) is 19.9. The van der Waals surface area contributed by atoms with Crippen molar-refractivity contribution in [3.8, 4) is 0 Å². The summed E-state index contributed by atoms with van der Waals surface area (Å²) >= 11 is 0. The van der Waals surface area contributed by atoms with E-state index in [4.69, 9.17) is 23.7 Å². The van der Waals surface area contributed by atoms with Crippen LogP contribution in [0.1, 0.15) is 213 Å². The summed E-state index contributed by atoms with van der Waals surface area (Å²) in [6.45, 7) is 5.64. The van der Waals surface area contributed by atoms with Gasteiger partial charge in [-0.15, -0.1) is 0 Å². The molecule has 0 aromatic heterocycles. The third-order valence-electron chi connectivity index (χ3n) is 12.7. The van der Waals surface area contributed by atoms with Crippen LogP contribution in [0.5, 0.6) is 0 Å². The fourth-order valence-corrected chi connectivity index (χ4v) is 8.15. The Morgan fingerprint density at radius 1 is 0.430 bits per heavy atom. The molecule has 79 heavy (non-hydrogen) atoms. The predicted octanol–water partition coefficient (Wildman–Crippen LogP) is 15.8. The third-order valence-corrected chi connectivity index (χ3v) is 12.7. The highest BCUT2D eigenvalue weighted by molar-refractivity contribution is 5.74. The minimum Gasteiger partial charge on any atom is -0.479 e. The number of esters is 3. The van der Waals surface area contributed by atoms with E-state index < -0.39 is 67.3 Å². The first-order chi connectivity index (χ1) is 38.6. The molecule has 444 valence electrons. The summed E-state index contributed by atoms with van der Waals surface area (Å²) in [5.41, 5.74) is 0. The number of hydrogen-bond donors (Lipinski definition) is 3. The maximum Gasteiger partial charge on any atom is 0.335 e. The zero-order chi connectivity index (χ0) is 57.5. The molecule has 1 rings (SSSR count). The minimum atomic E-state index is -1.94. The fourth-order valence-electron chi connectivity index (χ4n) is 8.15. The largest absolute Gasteiger partial charge is 0.479 e. The highest BCUT2D eigenvalue weighted by Crippen LogP contribution is 2.26. The second-order valence-electron chi connectivity index (χ2n) is 19.9. The molecule has 0 spiro atoms. The maximum absolute atomic E-state index is 13.1. The number of carboxylic acids is 1. The molecule has 1 saturated heterocycles. The Hall–Kier alpha value is -5.14. The van der Waals surface area contributed by atoms with E-state index >= 15 is 0 Å². The molecule has 0 bridgehead atoms. The van der Waals surface area contributed by atoms with Crippen molar-refractivity contribution in [2.45, 2.75) is 250 Å². The van der Waals surface area contributed by atoms with Gasteiger partial charge in [0.25, 0.3) is 0 Å². The molecule has 0 aromatic rings. The first-order valence-corrected chi connectivity index (χ1v) is 30.2. The summed E-state index contributed by atoms with van der Waals surface area (Å²) < 4.78 is 28.3. The number of ether oxygens (including phenoxy) is 5. The smallest absolute Gasteiger partial charge is 0.335 e. The summed E-state index contributed by atoms with van der Waals surface area (Å²) in [5, 5.41) is 31.5. The van der Waals surface area contributed by atoms with Gasteiger partial charge in [-0.1, -0.05) is 212 Å². The van der Waals surface area contributed by atoms with Crippen LogP contribution in [-0.4, -0.2) is 89.2 Å². The lowest BCUT2D eigenvalue weighted by atomic mass is 9.98. The van der Waals surface area contributed by atoms with Crippen molar-refractivity contribution in [3.05, 3.63) is 134 Å². The molecule has 0 amide bonds. The molecule has 6 unspecified atom stereocenters. The molecule has 12 nitrogen and oxygen atoms in total. The summed E-state index contributed by atoms with van der Waals surface area (Å²) in [5.74, 6) is -3.33. The zero-order valence-corrected chi connectivity index (χ0v) is 48.8. The van der Waals surface area contributed by atoms with E-state index in [-0.39, 0.29) is 25.9 Å². The van der Waals surface area contributed by atoms with Gasteiger partial charge in [-0.3, -0.25) is 14.4 Å². The lowest BCUT2D eigenvalue weighted by Crippen LogP contribution is -2.61. The molecule has 1 aliphatic rings. The van der Waals surface area contributed by atoms with E-state index in [1.54, 1.807) is 0 Å². The van der Waals surface area contributed by atoms with E-state index in [2.05, 4.69) is 130 Å². The van der Waals surface area contributed by atoms with Crippen molar-refractivity contribution in [2.75, 3.05) is 13.2 Å². The zero-order valence-electron chi connectivity index (χ0n) is 48.8. The Bertz CT molecular complexity index is 1880. The molecule has 0 aliphatic carbocycles. The number of carbonyl (C=O) groups is 4. The van der Waals surface area contributed by atoms with Crippen LogP contribution in [0.4, 0.5) is 0 Å². The van der Waals surface area contributed by atoms with E-state index in [1.165, 1.54) is 51.4 Å². The summed E-state index contributed by atoms with van der Waals surface area (Å²) in [7, 11) is 0. The number of allylic oxidation sites excluding steroid dienone is 22. The molecule has 1 aliphatic heterocycles. The van der Waals surface area contributed by atoms with E-state index in [1.807, 2.05) is 24.3 Å². The summed E-state index contributed by atoms with van der Waals surface area (Å²) in [6, 6.07) is 0. The van der Waals surface area contributed by atoms with Crippen molar-refractivity contribution < 1.29 is 58.2 Å². The van der Waals surface area contributed by atoms with Gasteiger partial charge in [0.2, 0.25) is 0 Å². The van der Waals surface area contributed by atoms with Crippen LogP contribution >= 0.6 is 0 Å². The molecular formula is C67H104O12. The Balaban J connectivity index is 2.74. The standard InChI is InChI=1S/C67H104O12/c1-4-7-10-13-16-19-22-25-27-29-30-32-33-36-38-41-44-47-50-53-59(68)75-56-58(77-60(69)54-51-48-45-42-39-35-24-21-18-15-12-9-6-3)57-76-67-65(63(72)62(71)64(79-67)66(73)74)78-61(70)55-52-49-46-43-40-37-34-31-28-26-23-20-17-14-11-8-5-2/h8-9,11-12,16-21,25-28,34-35,37,39,43,45-46,48,58,62-65,67,71-72H,4-7,10,13-15,22-24,29-33,36,38,40-42,44,47,49-57H2,1-3H3,(H,73,74)/b11-8-,12-9-,19-16-,20-17-,21-18-,27-25-,28-26-,37-34-,39-35-,46-43-,48-45-. The number of unbranched alkanes of at least 4 members (excludes halogenated alkanes) is 13. The lowest BCUT2D eigenvalue weighted by Gasteiger charge is -2.40. The van der Waals surface area contributed by atoms with Gasteiger partial charge in [-0.2, -0.15) is 0 Å². The van der Waals surface area contributed by atoms with Gasteiger partial charge in [0, 0.05) is 19.3 Å². The lowest BCUT2D eigenvalue weighted by molar-refractivity contribution is -0.301. The molecule has 12 heteroatoms. The number of carbonyl (C=O) groups excluding carboxylic acids is 3. The highest BCUT2D eigenvalue weighted by Gasteiger charge is 2.50. The van der Waals surface area contributed by atoms with Gasteiger partial charge in [-0.25, -0.2) is 4.79 Å². The Labute approximate surface area is 477 Å². The average molecular weight is 1100 g/mol. The van der Waals surface area contributed by atoms with Crippen molar-refractivity contribution >= 4 is 23.9 Å². The van der Waals surface area contributed by atoms with Gasteiger partial charge >= 0.3 is 23.9 Å². The van der Waals surface area contributed by atoms with Gasteiger partial charge < -0.3 is 39.0 Å². The van der Waals surface area contributed by atoms with E-state index in [0.717, 1.165) is 89.9 Å². The van der Waals surface area contributed by atoms with Crippen LogP contribution in [0.25, 0.3) is 0 Å². The summed E-state index contributed by atoms with van der Waals surface area (Å²) in [4.78, 5) is 51.1. The van der Waals surface area contributed by atoms with E-state index in [9.17, 15) is 34.5 Å². The molecule has 3 N–H and O–H groups in total. The van der Waals surface area contributed by atoms with Crippen LogP contribution in [-0.2, 0) is 42.9 Å². The molecule has 1 fully saturated rings. The topological polar surface area (TPSA) is 175 Å². The normalized spacial score (nSPS) is 18.8. The van der Waals surface area contributed by atoms with E-state index in [0.29, 0.717) is 32.1 Å². The highest BCUT2D eigenvalue weighted by atomic mass is 16.7. The van der Waals surface area contributed by atoms with Gasteiger partial charge in [0.05, 0.1) is 6.61 Å². The maximum atomic E-state index is 13.1. The number of aliphatic hydroxyl groups excluding tert-OH is 2.